The third-order valence-electron chi connectivity index (χ3n) is 3.72. The lowest BCUT2D eigenvalue weighted by molar-refractivity contribution is 0.274. The van der Waals surface area contributed by atoms with E-state index in [2.05, 4.69) is 21.2 Å². The molecule has 0 spiro atoms. The van der Waals surface area contributed by atoms with E-state index in [1.807, 2.05) is 6.92 Å². The fourth-order valence-electron chi connectivity index (χ4n) is 2.65. The fraction of sp³-hybridized carbons (Fsp3) is 0.571. The first-order valence-electron chi connectivity index (χ1n) is 7.06. The van der Waals surface area contributed by atoms with Crippen LogP contribution in [0.4, 0.5) is 0 Å². The van der Waals surface area contributed by atoms with Gasteiger partial charge in [0.15, 0.2) is 0 Å². The number of ether oxygens (including phenoxy) is 1. The Bertz CT molecular complexity index is 586. The molecule has 1 heterocycles. The zero-order valence-corrected chi connectivity index (χ0v) is 14.7. The van der Waals surface area contributed by atoms with Crippen molar-refractivity contribution in [2.24, 2.45) is 0 Å². The minimum absolute atomic E-state index is 0.0228. The summed E-state index contributed by atoms with van der Waals surface area (Å²) in [6.07, 6.45) is 1.90. The summed E-state index contributed by atoms with van der Waals surface area (Å²) in [6, 6.07) is 4.89. The van der Waals surface area contributed by atoms with Crippen LogP contribution < -0.4 is 10.1 Å². The predicted octanol–water partition coefficient (Wildman–Crippen LogP) is 2.22. The van der Waals surface area contributed by atoms with Gasteiger partial charge < -0.3 is 10.1 Å². The van der Waals surface area contributed by atoms with Gasteiger partial charge in [0.25, 0.3) is 0 Å². The maximum Gasteiger partial charge on any atom is 0.243 e. The van der Waals surface area contributed by atoms with E-state index in [9.17, 15) is 8.42 Å². The van der Waals surface area contributed by atoms with E-state index >= 15 is 0 Å². The number of piperidine rings is 1. The van der Waals surface area contributed by atoms with Crippen LogP contribution in [0.2, 0.25) is 0 Å². The lowest BCUT2D eigenvalue weighted by atomic mass is 10.1. The van der Waals surface area contributed by atoms with Crippen LogP contribution in [0, 0.1) is 0 Å². The first-order valence-corrected chi connectivity index (χ1v) is 9.30. The second kappa shape index (κ2) is 7.09. The molecule has 1 fully saturated rings. The van der Waals surface area contributed by atoms with E-state index in [1.54, 1.807) is 29.6 Å². The summed E-state index contributed by atoms with van der Waals surface area (Å²) in [5.74, 6) is 0.622. The number of likely N-dealkylation sites (N-methyl/N-ethyl adjacent to an activating group) is 1. The normalized spacial score (nSPS) is 19.7. The van der Waals surface area contributed by atoms with Crippen LogP contribution in [0.25, 0.3) is 0 Å². The Morgan fingerprint density at radius 2 is 2.24 bits per heavy atom. The number of nitrogens with zero attached hydrogens (tertiary/aromatic N) is 1. The molecule has 118 valence electrons. The maximum absolute atomic E-state index is 12.9. The first kappa shape index (κ1) is 16.7. The van der Waals surface area contributed by atoms with Crippen LogP contribution in [-0.4, -0.2) is 45.5 Å². The van der Waals surface area contributed by atoms with Gasteiger partial charge in [-0.15, -0.1) is 0 Å². The molecule has 1 aromatic rings. The van der Waals surface area contributed by atoms with E-state index in [0.717, 1.165) is 19.4 Å². The number of methoxy groups -OCH3 is 1. The predicted molar refractivity (Wildman–Crippen MR) is 86.2 cm³/mol. The molecule has 0 amide bonds. The molecule has 0 radical (unpaired) electrons. The van der Waals surface area contributed by atoms with Crippen molar-refractivity contribution in [2.75, 3.05) is 26.7 Å². The van der Waals surface area contributed by atoms with E-state index in [-0.39, 0.29) is 6.04 Å². The Morgan fingerprint density at radius 3 is 2.76 bits per heavy atom. The first-order chi connectivity index (χ1) is 10.0. The topological polar surface area (TPSA) is 58.6 Å². The second-order valence-corrected chi connectivity index (χ2v) is 7.75. The minimum atomic E-state index is -3.49. The summed E-state index contributed by atoms with van der Waals surface area (Å²) in [7, 11) is -1.93. The average Bonchev–Trinajstić information content (AvgIpc) is 2.48. The highest BCUT2D eigenvalue weighted by atomic mass is 79.9. The number of sulfonamides is 1. The van der Waals surface area contributed by atoms with Crippen molar-refractivity contribution >= 4 is 26.0 Å². The number of halogens is 1. The molecule has 1 saturated heterocycles. The Labute approximate surface area is 134 Å². The monoisotopic (exact) mass is 376 g/mol. The molecule has 0 saturated carbocycles. The van der Waals surface area contributed by atoms with Crippen LogP contribution in [0.3, 0.4) is 0 Å². The van der Waals surface area contributed by atoms with Crippen LogP contribution in [0.15, 0.2) is 27.6 Å². The molecule has 1 aliphatic rings. The number of rotatable bonds is 5. The van der Waals surface area contributed by atoms with Crippen LogP contribution in [0.1, 0.15) is 19.8 Å². The van der Waals surface area contributed by atoms with Crippen molar-refractivity contribution in [3.63, 3.8) is 0 Å². The van der Waals surface area contributed by atoms with Crippen molar-refractivity contribution in [1.82, 2.24) is 9.62 Å². The number of hydrogen-bond acceptors (Lipinski definition) is 4. The maximum atomic E-state index is 12.9. The van der Waals surface area contributed by atoms with Gasteiger partial charge in [-0.1, -0.05) is 6.92 Å². The van der Waals surface area contributed by atoms with Gasteiger partial charge in [-0.2, -0.15) is 4.31 Å². The molecule has 21 heavy (non-hydrogen) atoms. The van der Waals surface area contributed by atoms with E-state index in [0.29, 0.717) is 28.2 Å². The summed E-state index contributed by atoms with van der Waals surface area (Å²) in [5, 5.41) is 3.27. The van der Waals surface area contributed by atoms with Gasteiger partial charge in [-0.25, -0.2) is 8.42 Å². The average molecular weight is 377 g/mol. The minimum Gasteiger partial charge on any atom is -0.496 e. The van der Waals surface area contributed by atoms with Gasteiger partial charge in [0.2, 0.25) is 10.0 Å². The van der Waals surface area contributed by atoms with Crippen molar-refractivity contribution in [3.8, 4) is 5.75 Å². The van der Waals surface area contributed by atoms with Crippen LogP contribution in [0.5, 0.6) is 5.75 Å². The molecular formula is C14H21BrN2O3S. The number of nitrogens with one attached hydrogen (secondary N) is 1. The largest absolute Gasteiger partial charge is 0.496 e. The molecular weight excluding hydrogens is 356 g/mol. The fourth-order valence-corrected chi connectivity index (χ4v) is 5.03. The zero-order valence-electron chi connectivity index (χ0n) is 12.3. The Morgan fingerprint density at radius 1 is 1.48 bits per heavy atom. The summed E-state index contributed by atoms with van der Waals surface area (Å²) in [6.45, 7) is 4.02. The summed E-state index contributed by atoms with van der Waals surface area (Å²) in [4.78, 5) is 0.294. The molecule has 1 N–H and O–H groups in total. The van der Waals surface area contributed by atoms with Crippen molar-refractivity contribution < 1.29 is 13.2 Å². The molecule has 1 atom stereocenters. The Balaban J connectivity index is 2.32. The lowest BCUT2D eigenvalue weighted by Gasteiger charge is -2.33. The summed E-state index contributed by atoms with van der Waals surface area (Å²) >= 11 is 3.35. The van der Waals surface area contributed by atoms with Crippen LogP contribution in [-0.2, 0) is 10.0 Å². The lowest BCUT2D eigenvalue weighted by Crippen LogP contribution is -2.48. The third-order valence-corrected chi connectivity index (χ3v) is 6.36. The Hall–Kier alpha value is -0.630. The molecule has 0 aliphatic carbocycles. The van der Waals surface area contributed by atoms with E-state index in [4.69, 9.17) is 4.74 Å². The van der Waals surface area contributed by atoms with Crippen molar-refractivity contribution in [2.45, 2.75) is 30.7 Å². The number of benzene rings is 1. The van der Waals surface area contributed by atoms with Gasteiger partial charge in [0.1, 0.15) is 5.75 Å². The van der Waals surface area contributed by atoms with Gasteiger partial charge in [0, 0.05) is 19.1 Å². The molecule has 7 heteroatoms. The molecule has 5 nitrogen and oxygen atoms in total. The van der Waals surface area contributed by atoms with E-state index < -0.39 is 10.0 Å². The van der Waals surface area contributed by atoms with Crippen LogP contribution >= 0.6 is 15.9 Å². The molecule has 0 bridgehead atoms. The summed E-state index contributed by atoms with van der Waals surface area (Å²) in [5.41, 5.74) is 0. The van der Waals surface area contributed by atoms with E-state index in [1.165, 1.54) is 0 Å². The van der Waals surface area contributed by atoms with Crippen molar-refractivity contribution in [3.05, 3.63) is 22.7 Å². The second-order valence-electron chi connectivity index (χ2n) is 5.00. The van der Waals surface area contributed by atoms with Crippen molar-refractivity contribution in [1.29, 1.82) is 0 Å². The molecule has 1 aromatic carbocycles. The van der Waals surface area contributed by atoms with Gasteiger partial charge in [-0.05, 0) is 53.5 Å². The molecule has 0 aromatic heterocycles. The Kier molecular flexibility index (Phi) is 5.65. The van der Waals surface area contributed by atoms with Gasteiger partial charge in [0.05, 0.1) is 16.5 Å². The smallest absolute Gasteiger partial charge is 0.243 e. The zero-order chi connectivity index (χ0) is 15.5. The molecule has 1 aliphatic heterocycles. The SMILES string of the molecule is CCN(C1CCCNC1)S(=O)(=O)c1ccc(OC)c(Br)c1. The third kappa shape index (κ3) is 3.59. The standard InChI is InChI=1S/C14H21BrN2O3S/c1-3-17(11-5-4-8-16-10-11)21(18,19)12-6-7-14(20-2)13(15)9-12/h6-7,9,11,16H,3-5,8,10H2,1-2H3. The highest BCUT2D eigenvalue weighted by Gasteiger charge is 2.31. The quantitative estimate of drug-likeness (QED) is 0.855. The highest BCUT2D eigenvalue weighted by Crippen LogP contribution is 2.29. The van der Waals surface area contributed by atoms with Gasteiger partial charge in [-0.3, -0.25) is 0 Å². The highest BCUT2D eigenvalue weighted by molar-refractivity contribution is 9.10. The molecule has 2 rings (SSSR count). The molecule has 1 unspecified atom stereocenters. The number of hydrogen-bond donors (Lipinski definition) is 1. The van der Waals surface area contributed by atoms with Gasteiger partial charge >= 0.3 is 0 Å². The summed E-state index contributed by atoms with van der Waals surface area (Å²) < 4.78 is 33.1.